The molecule has 0 aliphatic rings. The fraction of sp³-hybridized carbons (Fsp3) is 0.286. The first kappa shape index (κ1) is 18.0. The van der Waals surface area contributed by atoms with Gasteiger partial charge in [0.1, 0.15) is 11.5 Å². The summed E-state index contributed by atoms with van der Waals surface area (Å²) >= 11 is 0. The molecular formula is C21H23N7. The molecule has 7 nitrogen and oxygen atoms in total. The van der Waals surface area contributed by atoms with E-state index >= 15 is 0 Å². The molecule has 0 amide bonds. The zero-order chi connectivity index (χ0) is 19.7. The van der Waals surface area contributed by atoms with Crippen LogP contribution in [-0.2, 0) is 7.05 Å². The second-order valence-electron chi connectivity index (χ2n) is 7.14. The van der Waals surface area contributed by atoms with Crippen molar-refractivity contribution in [3.05, 3.63) is 60.2 Å². The maximum absolute atomic E-state index is 4.83. The number of nitrogens with zero attached hydrogens (tertiary/aromatic N) is 6. The first-order chi connectivity index (χ1) is 13.5. The summed E-state index contributed by atoms with van der Waals surface area (Å²) in [4.78, 5) is 18.5. The van der Waals surface area contributed by atoms with Gasteiger partial charge in [-0.05, 0) is 37.1 Å². The number of fused-ring (bicyclic) bond motifs is 1. The highest BCUT2D eigenvalue weighted by atomic mass is 15.3. The summed E-state index contributed by atoms with van der Waals surface area (Å²) in [5, 5.41) is 9.08. The van der Waals surface area contributed by atoms with Crippen molar-refractivity contribution in [3.8, 4) is 11.5 Å². The second-order valence-corrected chi connectivity index (χ2v) is 7.14. The Morgan fingerprint density at radius 1 is 0.964 bits per heavy atom. The molecule has 0 aliphatic heterocycles. The van der Waals surface area contributed by atoms with Crippen LogP contribution in [0.1, 0.15) is 31.3 Å². The predicted molar refractivity (Wildman–Crippen MR) is 110 cm³/mol. The Labute approximate surface area is 163 Å². The summed E-state index contributed by atoms with van der Waals surface area (Å²) in [5.41, 5.74) is 3.37. The van der Waals surface area contributed by atoms with E-state index in [-0.39, 0.29) is 6.04 Å². The summed E-state index contributed by atoms with van der Waals surface area (Å²) in [6, 6.07) is 11.7. The quantitative estimate of drug-likeness (QED) is 0.571. The van der Waals surface area contributed by atoms with E-state index in [9.17, 15) is 0 Å². The van der Waals surface area contributed by atoms with Crippen molar-refractivity contribution in [2.24, 2.45) is 13.0 Å². The lowest BCUT2D eigenvalue weighted by Gasteiger charge is -2.23. The Balaban J connectivity index is 1.87. The SMILES string of the molecule is Cc1nn(C)c2nc(-c3ccccn3)nc(N[C@@H](c3ccccn3)C(C)C)c12. The molecule has 7 heteroatoms. The molecule has 0 fully saturated rings. The molecule has 0 unspecified atom stereocenters. The van der Waals surface area contributed by atoms with E-state index < -0.39 is 0 Å². The van der Waals surface area contributed by atoms with Gasteiger partial charge in [0.05, 0.1) is 22.8 Å². The summed E-state index contributed by atoms with van der Waals surface area (Å²) in [7, 11) is 1.90. The van der Waals surface area contributed by atoms with E-state index in [2.05, 4.69) is 34.2 Å². The van der Waals surface area contributed by atoms with Crippen LogP contribution < -0.4 is 5.32 Å². The van der Waals surface area contributed by atoms with Crippen LogP contribution in [0, 0.1) is 12.8 Å². The van der Waals surface area contributed by atoms with Gasteiger partial charge >= 0.3 is 0 Å². The van der Waals surface area contributed by atoms with Crippen molar-refractivity contribution >= 4 is 16.9 Å². The first-order valence-corrected chi connectivity index (χ1v) is 9.35. The minimum Gasteiger partial charge on any atom is -0.361 e. The third-order valence-electron chi connectivity index (χ3n) is 4.72. The molecule has 0 saturated heterocycles. The van der Waals surface area contributed by atoms with Gasteiger partial charge in [0, 0.05) is 19.4 Å². The van der Waals surface area contributed by atoms with Crippen LogP contribution in [-0.4, -0.2) is 29.7 Å². The largest absolute Gasteiger partial charge is 0.361 e. The third-order valence-corrected chi connectivity index (χ3v) is 4.72. The third kappa shape index (κ3) is 3.31. The van der Waals surface area contributed by atoms with Crippen LogP contribution in [0.4, 0.5) is 5.82 Å². The molecule has 1 atom stereocenters. The molecule has 0 aromatic carbocycles. The summed E-state index contributed by atoms with van der Waals surface area (Å²) in [6.45, 7) is 6.31. The lowest BCUT2D eigenvalue weighted by atomic mass is 10.00. The molecule has 4 aromatic rings. The Morgan fingerprint density at radius 2 is 1.71 bits per heavy atom. The van der Waals surface area contributed by atoms with Gasteiger partial charge in [-0.3, -0.25) is 14.6 Å². The number of nitrogens with one attached hydrogen (secondary N) is 1. The number of hydrogen-bond donors (Lipinski definition) is 1. The lowest BCUT2D eigenvalue weighted by Crippen LogP contribution is -2.19. The maximum atomic E-state index is 4.83. The molecule has 4 aromatic heterocycles. The number of pyridine rings is 2. The van der Waals surface area contributed by atoms with Gasteiger partial charge in [0.25, 0.3) is 0 Å². The molecule has 0 radical (unpaired) electrons. The van der Waals surface area contributed by atoms with Crippen LogP contribution in [0.15, 0.2) is 48.8 Å². The van der Waals surface area contributed by atoms with E-state index in [1.54, 1.807) is 10.9 Å². The second kappa shape index (κ2) is 7.34. The first-order valence-electron chi connectivity index (χ1n) is 9.35. The Hall–Kier alpha value is -3.35. The molecule has 4 rings (SSSR count). The highest BCUT2D eigenvalue weighted by molar-refractivity contribution is 5.90. The number of aryl methyl sites for hydroxylation is 2. The molecule has 1 N–H and O–H groups in total. The highest BCUT2D eigenvalue weighted by Gasteiger charge is 2.22. The molecule has 0 spiro atoms. The smallest absolute Gasteiger partial charge is 0.182 e. The average Bonchev–Trinajstić information content (AvgIpc) is 3.01. The van der Waals surface area contributed by atoms with Gasteiger partial charge < -0.3 is 5.32 Å². The van der Waals surface area contributed by atoms with Gasteiger partial charge in [-0.1, -0.05) is 26.0 Å². The Morgan fingerprint density at radius 3 is 2.36 bits per heavy atom. The number of aromatic nitrogens is 6. The van der Waals surface area contributed by atoms with Gasteiger partial charge in [-0.25, -0.2) is 9.97 Å². The van der Waals surface area contributed by atoms with Gasteiger partial charge in [0.2, 0.25) is 0 Å². The predicted octanol–water partition coefficient (Wildman–Crippen LogP) is 3.94. The minimum absolute atomic E-state index is 0.00971. The van der Waals surface area contributed by atoms with Crippen molar-refractivity contribution < 1.29 is 0 Å². The molecular weight excluding hydrogens is 350 g/mol. The number of hydrogen-bond acceptors (Lipinski definition) is 6. The van der Waals surface area contributed by atoms with E-state index in [0.29, 0.717) is 11.7 Å². The molecule has 0 saturated carbocycles. The summed E-state index contributed by atoms with van der Waals surface area (Å²) in [5.74, 6) is 1.64. The molecule has 0 bridgehead atoms. The monoisotopic (exact) mass is 373 g/mol. The van der Waals surface area contributed by atoms with Crippen molar-refractivity contribution in [2.75, 3.05) is 5.32 Å². The zero-order valence-electron chi connectivity index (χ0n) is 16.5. The van der Waals surface area contributed by atoms with Crippen LogP contribution in [0.25, 0.3) is 22.6 Å². The van der Waals surface area contributed by atoms with Crippen LogP contribution in [0.3, 0.4) is 0 Å². The molecule has 142 valence electrons. The fourth-order valence-corrected chi connectivity index (χ4v) is 3.34. The average molecular weight is 373 g/mol. The number of anilines is 1. The fourth-order valence-electron chi connectivity index (χ4n) is 3.34. The van der Waals surface area contributed by atoms with Crippen molar-refractivity contribution in [2.45, 2.75) is 26.8 Å². The van der Waals surface area contributed by atoms with Crippen LogP contribution in [0.2, 0.25) is 0 Å². The van der Waals surface area contributed by atoms with Crippen molar-refractivity contribution in [1.82, 2.24) is 29.7 Å². The van der Waals surface area contributed by atoms with Gasteiger partial charge in [-0.15, -0.1) is 0 Å². The van der Waals surface area contributed by atoms with E-state index in [0.717, 1.165) is 33.9 Å². The summed E-state index contributed by atoms with van der Waals surface area (Å²) < 4.78 is 1.79. The Kier molecular flexibility index (Phi) is 4.73. The van der Waals surface area contributed by atoms with Crippen molar-refractivity contribution in [3.63, 3.8) is 0 Å². The minimum atomic E-state index is 0.00971. The van der Waals surface area contributed by atoms with Gasteiger partial charge in [-0.2, -0.15) is 5.10 Å². The van der Waals surface area contributed by atoms with Crippen molar-refractivity contribution in [1.29, 1.82) is 0 Å². The Bertz CT molecular complexity index is 1090. The number of rotatable bonds is 5. The van der Waals surface area contributed by atoms with Gasteiger partial charge in [0.15, 0.2) is 11.5 Å². The zero-order valence-corrected chi connectivity index (χ0v) is 16.5. The van der Waals surface area contributed by atoms with E-state index in [1.165, 1.54) is 0 Å². The van der Waals surface area contributed by atoms with E-state index in [1.807, 2.05) is 56.6 Å². The summed E-state index contributed by atoms with van der Waals surface area (Å²) in [6.07, 6.45) is 3.56. The van der Waals surface area contributed by atoms with E-state index in [4.69, 9.17) is 9.97 Å². The maximum Gasteiger partial charge on any atom is 0.182 e. The normalized spacial score (nSPS) is 12.5. The standard InChI is InChI=1S/C21H23N7/c1-13(2)18(15-9-5-7-11-22-15)24-20-17-14(3)27-28(4)21(17)26-19(25-20)16-10-6-8-12-23-16/h5-13,18H,1-4H3,(H,24,25,26)/t18-/m1/s1. The lowest BCUT2D eigenvalue weighted by molar-refractivity contribution is 0.534. The molecule has 0 aliphatic carbocycles. The van der Waals surface area contributed by atoms with Crippen LogP contribution in [0.5, 0.6) is 0 Å². The topological polar surface area (TPSA) is 81.4 Å². The highest BCUT2D eigenvalue weighted by Crippen LogP contribution is 2.31. The molecule has 28 heavy (non-hydrogen) atoms. The molecule has 4 heterocycles. The van der Waals surface area contributed by atoms with Crippen LogP contribution >= 0.6 is 0 Å².